The molecule has 1 heterocycles. The number of alkyl halides is 3. The lowest BCUT2D eigenvalue weighted by Gasteiger charge is -2.13. The van der Waals surface area contributed by atoms with E-state index in [2.05, 4.69) is 15.5 Å². The van der Waals surface area contributed by atoms with Crippen LogP contribution in [0.1, 0.15) is 17.3 Å². The Morgan fingerprint density at radius 2 is 2.14 bits per heavy atom. The highest BCUT2D eigenvalue weighted by molar-refractivity contribution is 5.57. The lowest BCUT2D eigenvalue weighted by molar-refractivity contribution is -0.385. The van der Waals surface area contributed by atoms with Crippen molar-refractivity contribution < 1.29 is 22.6 Å². The Labute approximate surface area is 122 Å². The van der Waals surface area contributed by atoms with E-state index in [1.807, 2.05) is 0 Å². The van der Waals surface area contributed by atoms with Crippen molar-refractivity contribution in [3.05, 3.63) is 45.6 Å². The first-order valence-corrected chi connectivity index (χ1v) is 6.16. The van der Waals surface area contributed by atoms with Gasteiger partial charge in [-0.05, 0) is 13.0 Å². The SMILES string of the molecule is Cc1noc(CCNc2ccc([N+](=O)[O-])cc2C(F)(F)F)n1. The van der Waals surface area contributed by atoms with Gasteiger partial charge in [0.2, 0.25) is 5.89 Å². The van der Waals surface area contributed by atoms with E-state index < -0.39 is 22.4 Å². The molecule has 0 unspecified atom stereocenters. The van der Waals surface area contributed by atoms with Crippen LogP contribution in [0.25, 0.3) is 0 Å². The fraction of sp³-hybridized carbons (Fsp3) is 0.333. The normalized spacial score (nSPS) is 11.5. The number of aromatic nitrogens is 2. The molecule has 10 heteroatoms. The van der Waals surface area contributed by atoms with Crippen molar-refractivity contribution in [3.8, 4) is 0 Å². The number of benzene rings is 1. The summed E-state index contributed by atoms with van der Waals surface area (Å²) < 4.78 is 43.7. The molecular weight excluding hydrogens is 305 g/mol. The summed E-state index contributed by atoms with van der Waals surface area (Å²) in [5, 5.41) is 16.7. The zero-order valence-corrected chi connectivity index (χ0v) is 11.3. The van der Waals surface area contributed by atoms with Crippen LogP contribution in [-0.2, 0) is 12.6 Å². The Bertz CT molecular complexity index is 684. The Hall–Kier alpha value is -2.65. The van der Waals surface area contributed by atoms with Crippen LogP contribution in [0, 0.1) is 17.0 Å². The first kappa shape index (κ1) is 15.7. The molecule has 0 aliphatic rings. The first-order valence-electron chi connectivity index (χ1n) is 6.16. The molecule has 118 valence electrons. The zero-order chi connectivity index (χ0) is 16.3. The smallest absolute Gasteiger partial charge is 0.384 e. The standard InChI is InChI=1S/C12H11F3N4O3/c1-7-17-11(22-18-7)4-5-16-10-3-2-8(19(20)21)6-9(10)12(13,14)15/h2-3,6,16H,4-5H2,1H3. The number of rotatable bonds is 5. The van der Waals surface area contributed by atoms with Crippen LogP contribution in [-0.4, -0.2) is 21.6 Å². The van der Waals surface area contributed by atoms with E-state index in [-0.39, 0.29) is 18.7 Å². The van der Waals surface area contributed by atoms with Crippen LogP contribution in [0.5, 0.6) is 0 Å². The molecule has 0 atom stereocenters. The van der Waals surface area contributed by atoms with Gasteiger partial charge in [0.1, 0.15) is 0 Å². The predicted octanol–water partition coefficient (Wildman–Crippen LogP) is 2.96. The molecule has 1 N–H and O–H groups in total. The molecule has 0 aliphatic heterocycles. The van der Waals surface area contributed by atoms with Crippen LogP contribution < -0.4 is 5.32 Å². The Morgan fingerprint density at radius 3 is 2.68 bits per heavy atom. The van der Waals surface area contributed by atoms with Gasteiger partial charge in [-0.25, -0.2) is 0 Å². The molecule has 0 fully saturated rings. The second-order valence-corrected chi connectivity index (χ2v) is 4.40. The number of nitro groups is 1. The number of anilines is 1. The zero-order valence-electron chi connectivity index (χ0n) is 11.3. The quantitative estimate of drug-likeness (QED) is 0.673. The van der Waals surface area contributed by atoms with Gasteiger partial charge in [0.25, 0.3) is 5.69 Å². The van der Waals surface area contributed by atoms with Gasteiger partial charge in [0, 0.05) is 30.8 Å². The van der Waals surface area contributed by atoms with Crippen molar-refractivity contribution in [2.24, 2.45) is 0 Å². The van der Waals surface area contributed by atoms with Gasteiger partial charge in [-0.3, -0.25) is 10.1 Å². The summed E-state index contributed by atoms with van der Waals surface area (Å²) in [5.41, 5.74) is -1.96. The summed E-state index contributed by atoms with van der Waals surface area (Å²) in [6.45, 7) is 1.74. The van der Waals surface area contributed by atoms with Crippen LogP contribution in [0.4, 0.5) is 24.5 Å². The maximum Gasteiger partial charge on any atom is 0.418 e. The molecule has 1 aromatic heterocycles. The molecule has 1 aromatic carbocycles. The van der Waals surface area contributed by atoms with Gasteiger partial charge in [0.15, 0.2) is 5.82 Å². The van der Waals surface area contributed by atoms with E-state index in [9.17, 15) is 23.3 Å². The molecule has 0 bridgehead atoms. The number of hydrogen-bond acceptors (Lipinski definition) is 6. The summed E-state index contributed by atoms with van der Waals surface area (Å²) in [6.07, 6.45) is -4.47. The summed E-state index contributed by atoms with van der Waals surface area (Å²) in [7, 11) is 0. The monoisotopic (exact) mass is 316 g/mol. The molecule has 0 saturated heterocycles. The van der Waals surface area contributed by atoms with Crippen LogP contribution in [0.15, 0.2) is 22.7 Å². The predicted molar refractivity (Wildman–Crippen MR) is 69.3 cm³/mol. The van der Waals surface area contributed by atoms with E-state index in [1.54, 1.807) is 6.92 Å². The topological polar surface area (TPSA) is 94.1 Å². The summed E-state index contributed by atoms with van der Waals surface area (Å²) >= 11 is 0. The summed E-state index contributed by atoms with van der Waals surface area (Å²) in [4.78, 5) is 13.6. The number of nitro benzene ring substituents is 1. The Kier molecular flexibility index (Phi) is 4.29. The molecule has 0 aliphatic carbocycles. The molecule has 0 radical (unpaired) electrons. The van der Waals surface area contributed by atoms with Crippen molar-refractivity contribution >= 4 is 11.4 Å². The van der Waals surface area contributed by atoms with Gasteiger partial charge >= 0.3 is 6.18 Å². The lowest BCUT2D eigenvalue weighted by Crippen LogP contribution is -2.13. The summed E-state index contributed by atoms with van der Waals surface area (Å²) in [5.74, 6) is 0.724. The minimum Gasteiger partial charge on any atom is -0.384 e. The molecular formula is C12H11F3N4O3. The van der Waals surface area contributed by atoms with E-state index in [4.69, 9.17) is 4.52 Å². The molecule has 2 aromatic rings. The molecule has 22 heavy (non-hydrogen) atoms. The third-order valence-electron chi connectivity index (χ3n) is 2.74. The second-order valence-electron chi connectivity index (χ2n) is 4.40. The third-order valence-corrected chi connectivity index (χ3v) is 2.74. The van der Waals surface area contributed by atoms with Crippen molar-refractivity contribution in [2.75, 3.05) is 11.9 Å². The Morgan fingerprint density at radius 1 is 1.41 bits per heavy atom. The number of aryl methyl sites for hydroxylation is 1. The van der Waals surface area contributed by atoms with Crippen LogP contribution in [0.3, 0.4) is 0 Å². The van der Waals surface area contributed by atoms with Gasteiger partial charge in [-0.1, -0.05) is 5.16 Å². The van der Waals surface area contributed by atoms with Crippen molar-refractivity contribution in [2.45, 2.75) is 19.5 Å². The highest BCUT2D eigenvalue weighted by Gasteiger charge is 2.35. The number of hydrogen-bond donors (Lipinski definition) is 1. The Balaban J connectivity index is 2.14. The highest BCUT2D eigenvalue weighted by Crippen LogP contribution is 2.37. The average molecular weight is 316 g/mol. The molecule has 0 spiro atoms. The average Bonchev–Trinajstić information content (AvgIpc) is 2.83. The fourth-order valence-corrected chi connectivity index (χ4v) is 1.78. The maximum atomic E-state index is 12.9. The van der Waals surface area contributed by atoms with Crippen LogP contribution >= 0.6 is 0 Å². The number of nitrogens with one attached hydrogen (secondary N) is 1. The molecule has 2 rings (SSSR count). The number of nitrogens with zero attached hydrogens (tertiary/aromatic N) is 3. The second kappa shape index (κ2) is 6.00. The lowest BCUT2D eigenvalue weighted by atomic mass is 10.1. The van der Waals surface area contributed by atoms with Crippen molar-refractivity contribution in [1.29, 1.82) is 0 Å². The van der Waals surface area contributed by atoms with E-state index >= 15 is 0 Å². The first-order chi connectivity index (χ1) is 10.3. The fourth-order valence-electron chi connectivity index (χ4n) is 1.78. The minimum absolute atomic E-state index is 0.114. The van der Waals surface area contributed by atoms with Gasteiger partial charge in [-0.15, -0.1) is 0 Å². The van der Waals surface area contributed by atoms with Gasteiger partial charge in [0.05, 0.1) is 10.5 Å². The molecule has 0 amide bonds. The molecule has 0 saturated carbocycles. The maximum absolute atomic E-state index is 12.9. The van der Waals surface area contributed by atoms with Gasteiger partial charge < -0.3 is 9.84 Å². The van der Waals surface area contributed by atoms with E-state index in [0.29, 0.717) is 17.8 Å². The highest BCUT2D eigenvalue weighted by atomic mass is 19.4. The van der Waals surface area contributed by atoms with Crippen molar-refractivity contribution in [3.63, 3.8) is 0 Å². The van der Waals surface area contributed by atoms with Crippen molar-refractivity contribution in [1.82, 2.24) is 10.1 Å². The minimum atomic E-state index is -4.70. The van der Waals surface area contributed by atoms with E-state index in [1.165, 1.54) is 0 Å². The molecule has 7 nitrogen and oxygen atoms in total. The summed E-state index contributed by atoms with van der Waals surface area (Å²) in [6, 6.07) is 2.54. The number of halogens is 3. The largest absolute Gasteiger partial charge is 0.418 e. The number of non-ortho nitro benzene ring substituents is 1. The van der Waals surface area contributed by atoms with E-state index in [0.717, 1.165) is 12.1 Å². The third kappa shape index (κ3) is 3.71. The van der Waals surface area contributed by atoms with Crippen LogP contribution in [0.2, 0.25) is 0 Å². The van der Waals surface area contributed by atoms with Gasteiger partial charge in [-0.2, -0.15) is 18.2 Å².